The Morgan fingerprint density at radius 3 is 3.21 bits per heavy atom. The van der Waals surface area contributed by atoms with Crippen LogP contribution in [0.25, 0.3) is 0 Å². The molecule has 1 fully saturated rings. The summed E-state index contributed by atoms with van der Waals surface area (Å²) in [5.74, 6) is 0. The van der Waals surface area contributed by atoms with Crippen molar-refractivity contribution in [3.8, 4) is 0 Å². The minimum Gasteiger partial charge on any atom is -0.374 e. The van der Waals surface area contributed by atoms with E-state index in [4.69, 9.17) is 4.74 Å². The summed E-state index contributed by atoms with van der Waals surface area (Å²) < 4.78 is 6.80. The third-order valence-electron chi connectivity index (χ3n) is 2.35. The van der Waals surface area contributed by atoms with E-state index in [1.807, 2.05) is 0 Å². The summed E-state index contributed by atoms with van der Waals surface area (Å²) in [4.78, 5) is 1.29. The van der Waals surface area contributed by atoms with E-state index >= 15 is 0 Å². The van der Waals surface area contributed by atoms with Crippen molar-refractivity contribution in [3.05, 3.63) is 20.8 Å². The van der Waals surface area contributed by atoms with Gasteiger partial charge in [0, 0.05) is 20.8 Å². The Labute approximate surface area is 96.8 Å². The van der Waals surface area contributed by atoms with E-state index in [0.717, 1.165) is 24.2 Å². The molecule has 1 aliphatic heterocycles. The highest BCUT2D eigenvalue weighted by Gasteiger charge is 2.13. The number of rotatable bonds is 4. The predicted molar refractivity (Wildman–Crippen MR) is 62.7 cm³/mol. The van der Waals surface area contributed by atoms with Crippen LogP contribution in [0, 0.1) is 0 Å². The topological polar surface area (TPSA) is 21.3 Å². The molecule has 1 atom stereocenters. The lowest BCUT2D eigenvalue weighted by Crippen LogP contribution is -2.26. The van der Waals surface area contributed by atoms with E-state index < -0.39 is 0 Å². The first kappa shape index (κ1) is 10.6. The Hall–Kier alpha value is 0.1000. The summed E-state index contributed by atoms with van der Waals surface area (Å²) in [6, 6.07) is 2.70. The zero-order valence-electron chi connectivity index (χ0n) is 7.96. The zero-order chi connectivity index (χ0) is 9.80. The first-order valence-electron chi connectivity index (χ1n) is 4.88. The molecule has 78 valence electrons. The fraction of sp³-hybridized carbons (Fsp3) is 0.600. The molecule has 0 saturated carbocycles. The highest BCUT2D eigenvalue weighted by Crippen LogP contribution is 2.20. The standard InChI is InChI=1S/C10H14BrNOS/c11-8-4-10(14-7-8)6-13-5-9-2-1-3-12-9/h4,7,9,12H,1-3,5-6H2. The van der Waals surface area contributed by atoms with Gasteiger partial charge in [-0.15, -0.1) is 11.3 Å². The molecule has 1 unspecified atom stereocenters. The second-order valence-corrected chi connectivity index (χ2v) is 5.45. The van der Waals surface area contributed by atoms with Crippen LogP contribution in [-0.4, -0.2) is 19.2 Å². The fourth-order valence-electron chi connectivity index (χ4n) is 1.63. The van der Waals surface area contributed by atoms with Crippen LogP contribution in [0.5, 0.6) is 0 Å². The normalized spacial score (nSPS) is 21.6. The summed E-state index contributed by atoms with van der Waals surface area (Å²) in [7, 11) is 0. The van der Waals surface area contributed by atoms with Crippen molar-refractivity contribution >= 4 is 27.3 Å². The summed E-state index contributed by atoms with van der Waals surface area (Å²) in [6.45, 7) is 2.74. The van der Waals surface area contributed by atoms with Gasteiger partial charge >= 0.3 is 0 Å². The highest BCUT2D eigenvalue weighted by molar-refractivity contribution is 9.10. The average molecular weight is 276 g/mol. The quantitative estimate of drug-likeness (QED) is 0.913. The maximum absolute atomic E-state index is 5.64. The number of nitrogens with one attached hydrogen (secondary N) is 1. The highest BCUT2D eigenvalue weighted by atomic mass is 79.9. The first-order valence-corrected chi connectivity index (χ1v) is 6.56. The molecule has 0 aromatic carbocycles. The fourth-order valence-corrected chi connectivity index (χ4v) is 3.02. The van der Waals surface area contributed by atoms with Crippen LogP contribution < -0.4 is 5.32 Å². The van der Waals surface area contributed by atoms with Crippen molar-refractivity contribution in [2.24, 2.45) is 0 Å². The Morgan fingerprint density at radius 1 is 1.64 bits per heavy atom. The molecule has 1 aliphatic rings. The second-order valence-electron chi connectivity index (χ2n) is 3.54. The Kier molecular flexibility index (Phi) is 3.99. The lowest BCUT2D eigenvalue weighted by molar-refractivity contribution is 0.105. The summed E-state index contributed by atoms with van der Waals surface area (Å²) in [5.41, 5.74) is 0. The third-order valence-corrected chi connectivity index (χ3v) is 4.02. The average Bonchev–Trinajstić information content (AvgIpc) is 2.77. The van der Waals surface area contributed by atoms with Gasteiger partial charge in [0.15, 0.2) is 0 Å². The van der Waals surface area contributed by atoms with E-state index in [2.05, 4.69) is 32.7 Å². The SMILES string of the molecule is Brc1csc(COCC2CCCN2)c1. The van der Waals surface area contributed by atoms with E-state index in [9.17, 15) is 0 Å². The lowest BCUT2D eigenvalue weighted by Gasteiger charge is -2.09. The van der Waals surface area contributed by atoms with Crippen LogP contribution in [0.3, 0.4) is 0 Å². The molecular formula is C10H14BrNOS. The van der Waals surface area contributed by atoms with Gasteiger partial charge in [-0.2, -0.15) is 0 Å². The van der Waals surface area contributed by atoms with Crippen LogP contribution in [0.1, 0.15) is 17.7 Å². The monoisotopic (exact) mass is 275 g/mol. The molecular weight excluding hydrogens is 262 g/mol. The number of thiophene rings is 1. The lowest BCUT2D eigenvalue weighted by atomic mass is 10.2. The number of hydrogen-bond donors (Lipinski definition) is 1. The van der Waals surface area contributed by atoms with Gasteiger partial charge in [0.05, 0.1) is 13.2 Å². The van der Waals surface area contributed by atoms with Gasteiger partial charge in [-0.05, 0) is 41.4 Å². The molecule has 1 N–H and O–H groups in total. The minimum absolute atomic E-state index is 0.582. The van der Waals surface area contributed by atoms with Gasteiger partial charge in [0.1, 0.15) is 0 Å². The smallest absolute Gasteiger partial charge is 0.0810 e. The van der Waals surface area contributed by atoms with Crippen molar-refractivity contribution in [3.63, 3.8) is 0 Å². The molecule has 14 heavy (non-hydrogen) atoms. The number of halogens is 1. The van der Waals surface area contributed by atoms with Crippen LogP contribution in [0.15, 0.2) is 15.9 Å². The minimum atomic E-state index is 0.582. The number of ether oxygens (including phenoxy) is 1. The molecule has 1 saturated heterocycles. The molecule has 2 heterocycles. The molecule has 0 amide bonds. The van der Waals surface area contributed by atoms with Crippen molar-refractivity contribution in [1.29, 1.82) is 0 Å². The van der Waals surface area contributed by atoms with Crippen molar-refractivity contribution < 1.29 is 4.74 Å². The molecule has 0 aliphatic carbocycles. The molecule has 1 aromatic heterocycles. The van der Waals surface area contributed by atoms with Gasteiger partial charge in [-0.1, -0.05) is 0 Å². The van der Waals surface area contributed by atoms with Crippen molar-refractivity contribution in [1.82, 2.24) is 5.32 Å². The van der Waals surface area contributed by atoms with Gasteiger partial charge < -0.3 is 10.1 Å². The Morgan fingerprint density at radius 2 is 2.57 bits per heavy atom. The second kappa shape index (κ2) is 5.26. The molecule has 4 heteroatoms. The first-order chi connectivity index (χ1) is 6.84. The van der Waals surface area contributed by atoms with E-state index in [1.54, 1.807) is 11.3 Å². The van der Waals surface area contributed by atoms with Crippen LogP contribution >= 0.6 is 27.3 Å². The predicted octanol–water partition coefficient (Wildman–Crippen LogP) is 2.78. The van der Waals surface area contributed by atoms with Crippen molar-refractivity contribution in [2.45, 2.75) is 25.5 Å². The van der Waals surface area contributed by atoms with Crippen molar-refractivity contribution in [2.75, 3.05) is 13.2 Å². The zero-order valence-corrected chi connectivity index (χ0v) is 10.4. The third kappa shape index (κ3) is 3.05. The van der Waals surface area contributed by atoms with Gasteiger partial charge in [0.25, 0.3) is 0 Å². The van der Waals surface area contributed by atoms with Gasteiger partial charge in [0.2, 0.25) is 0 Å². The maximum Gasteiger partial charge on any atom is 0.0810 e. The maximum atomic E-state index is 5.64. The number of hydrogen-bond acceptors (Lipinski definition) is 3. The summed E-state index contributed by atoms with van der Waals surface area (Å²) in [5, 5.41) is 5.51. The van der Waals surface area contributed by atoms with Crippen LogP contribution in [0.4, 0.5) is 0 Å². The van der Waals surface area contributed by atoms with E-state index in [1.165, 1.54) is 17.7 Å². The molecule has 2 nitrogen and oxygen atoms in total. The Bertz CT molecular complexity index is 283. The van der Waals surface area contributed by atoms with Crippen LogP contribution in [0.2, 0.25) is 0 Å². The van der Waals surface area contributed by atoms with E-state index in [0.29, 0.717) is 6.04 Å². The summed E-state index contributed by atoms with van der Waals surface area (Å²) >= 11 is 5.17. The van der Waals surface area contributed by atoms with Gasteiger partial charge in [-0.25, -0.2) is 0 Å². The molecule has 0 spiro atoms. The summed E-state index contributed by atoms with van der Waals surface area (Å²) in [6.07, 6.45) is 2.55. The molecule has 1 aromatic rings. The Balaban J connectivity index is 1.67. The molecule has 0 radical (unpaired) electrons. The molecule has 0 bridgehead atoms. The van der Waals surface area contributed by atoms with E-state index in [-0.39, 0.29) is 0 Å². The van der Waals surface area contributed by atoms with Crippen LogP contribution in [-0.2, 0) is 11.3 Å². The largest absolute Gasteiger partial charge is 0.374 e. The van der Waals surface area contributed by atoms with Gasteiger partial charge in [-0.3, -0.25) is 0 Å². The molecule has 2 rings (SSSR count).